The van der Waals surface area contributed by atoms with E-state index < -0.39 is 11.7 Å². The zero-order valence-electron chi connectivity index (χ0n) is 10.3. The van der Waals surface area contributed by atoms with Gasteiger partial charge in [-0.25, -0.2) is 0 Å². The number of carbonyl (C=O) groups excluding carboxylic acids is 1. The average Bonchev–Trinajstić information content (AvgIpc) is 2.77. The summed E-state index contributed by atoms with van der Waals surface area (Å²) in [6, 6.07) is 6.88. The Kier molecular flexibility index (Phi) is 3.22. The predicted octanol–water partition coefficient (Wildman–Crippen LogP) is 4.48. The number of hydrogen-bond acceptors (Lipinski definition) is 2. The molecule has 100 valence electrons. The zero-order chi connectivity index (χ0) is 14.2. The van der Waals surface area contributed by atoms with Gasteiger partial charge >= 0.3 is 6.18 Å². The molecule has 1 heterocycles. The summed E-state index contributed by atoms with van der Waals surface area (Å²) in [6.45, 7) is 2.73. The number of aryl methyl sites for hydroxylation is 1. The van der Waals surface area contributed by atoms with Crippen LogP contribution in [0.5, 0.6) is 0 Å². The number of rotatable bonds is 2. The highest BCUT2D eigenvalue weighted by Gasteiger charge is 2.32. The van der Waals surface area contributed by atoms with Crippen LogP contribution in [0.15, 0.2) is 34.7 Å². The molecule has 2 nitrogen and oxygen atoms in total. The number of alkyl halides is 3. The van der Waals surface area contributed by atoms with Crippen LogP contribution in [-0.4, -0.2) is 5.78 Å². The second kappa shape index (κ2) is 4.57. The van der Waals surface area contributed by atoms with Gasteiger partial charge in [0, 0.05) is 12.5 Å². The van der Waals surface area contributed by atoms with Crippen molar-refractivity contribution in [3.63, 3.8) is 0 Å². The quantitative estimate of drug-likeness (QED) is 0.752. The second-order valence-corrected chi connectivity index (χ2v) is 4.25. The van der Waals surface area contributed by atoms with Gasteiger partial charge in [0.1, 0.15) is 5.76 Å². The topological polar surface area (TPSA) is 30.2 Å². The van der Waals surface area contributed by atoms with Crippen molar-refractivity contribution in [3.8, 4) is 11.3 Å². The van der Waals surface area contributed by atoms with Gasteiger partial charge < -0.3 is 4.42 Å². The van der Waals surface area contributed by atoms with E-state index in [2.05, 4.69) is 0 Å². The Hall–Kier alpha value is -2.04. The number of carbonyl (C=O) groups is 1. The number of hydrogen-bond donors (Lipinski definition) is 0. The Bertz CT molecular complexity index is 624. The Morgan fingerprint density at radius 3 is 2.37 bits per heavy atom. The van der Waals surface area contributed by atoms with E-state index >= 15 is 0 Å². The van der Waals surface area contributed by atoms with Crippen molar-refractivity contribution in [3.05, 3.63) is 47.2 Å². The molecule has 0 aliphatic carbocycles. The van der Waals surface area contributed by atoms with Gasteiger partial charge in [-0.1, -0.05) is 12.1 Å². The minimum absolute atomic E-state index is 0.129. The van der Waals surface area contributed by atoms with Crippen molar-refractivity contribution >= 4 is 5.78 Å². The zero-order valence-corrected chi connectivity index (χ0v) is 10.3. The molecule has 2 rings (SSSR count). The standard InChI is InChI=1S/C14H11F3O2/c1-8-3-4-10(7-11(8)14(15,16)17)13-6-5-12(19-13)9(2)18/h3-7H,1-2H3. The van der Waals surface area contributed by atoms with E-state index in [0.717, 1.165) is 6.07 Å². The van der Waals surface area contributed by atoms with Gasteiger partial charge in [0.2, 0.25) is 0 Å². The fraction of sp³-hybridized carbons (Fsp3) is 0.214. The predicted molar refractivity (Wildman–Crippen MR) is 63.9 cm³/mol. The SMILES string of the molecule is CC(=O)c1ccc(-c2ccc(C)c(C(F)(F)F)c2)o1. The molecule has 5 heteroatoms. The highest BCUT2D eigenvalue weighted by atomic mass is 19.4. The third kappa shape index (κ3) is 2.70. The van der Waals surface area contributed by atoms with Crippen LogP contribution in [0, 0.1) is 6.92 Å². The molecule has 0 fully saturated rings. The summed E-state index contributed by atoms with van der Waals surface area (Å²) in [5.74, 6) is 0.106. The highest BCUT2D eigenvalue weighted by molar-refractivity contribution is 5.91. The van der Waals surface area contributed by atoms with E-state index in [-0.39, 0.29) is 22.9 Å². The minimum atomic E-state index is -4.41. The lowest BCUT2D eigenvalue weighted by Gasteiger charge is -2.11. The second-order valence-electron chi connectivity index (χ2n) is 4.25. The van der Waals surface area contributed by atoms with Crippen molar-refractivity contribution in [1.29, 1.82) is 0 Å². The molecule has 0 aliphatic rings. The van der Waals surface area contributed by atoms with Gasteiger partial charge in [-0.05, 0) is 30.7 Å². The molecule has 0 atom stereocenters. The number of furan rings is 1. The van der Waals surface area contributed by atoms with E-state index in [4.69, 9.17) is 4.42 Å². The van der Waals surface area contributed by atoms with Crippen molar-refractivity contribution in [1.82, 2.24) is 0 Å². The van der Waals surface area contributed by atoms with Crippen LogP contribution < -0.4 is 0 Å². The van der Waals surface area contributed by atoms with E-state index in [1.54, 1.807) is 0 Å². The van der Waals surface area contributed by atoms with Crippen LogP contribution in [0.4, 0.5) is 13.2 Å². The maximum Gasteiger partial charge on any atom is 0.416 e. The van der Waals surface area contributed by atoms with Gasteiger partial charge in [0.05, 0.1) is 5.56 Å². The van der Waals surface area contributed by atoms with Crippen molar-refractivity contribution in [2.24, 2.45) is 0 Å². The van der Waals surface area contributed by atoms with Crippen molar-refractivity contribution in [2.75, 3.05) is 0 Å². The lowest BCUT2D eigenvalue weighted by Crippen LogP contribution is -2.07. The Labute approximate surface area is 107 Å². The van der Waals surface area contributed by atoms with Crippen LogP contribution in [0.25, 0.3) is 11.3 Å². The number of ketones is 1. The third-order valence-corrected chi connectivity index (χ3v) is 2.78. The molecule has 0 unspecified atom stereocenters. The fourth-order valence-corrected chi connectivity index (χ4v) is 1.76. The molecule has 0 bridgehead atoms. The van der Waals surface area contributed by atoms with Gasteiger partial charge in [0.25, 0.3) is 0 Å². The van der Waals surface area contributed by atoms with Crippen molar-refractivity contribution < 1.29 is 22.4 Å². The lowest BCUT2D eigenvalue weighted by atomic mass is 10.0. The number of benzene rings is 1. The Morgan fingerprint density at radius 2 is 1.84 bits per heavy atom. The molecule has 19 heavy (non-hydrogen) atoms. The molecule has 0 N–H and O–H groups in total. The number of Topliss-reactive ketones (excluding diaryl/α,β-unsaturated/α-hetero) is 1. The fourth-order valence-electron chi connectivity index (χ4n) is 1.76. The molecule has 0 radical (unpaired) electrons. The van der Waals surface area contributed by atoms with Crippen LogP contribution in [-0.2, 0) is 6.18 Å². The first-order valence-electron chi connectivity index (χ1n) is 5.58. The van der Waals surface area contributed by atoms with Crippen LogP contribution >= 0.6 is 0 Å². The largest absolute Gasteiger partial charge is 0.453 e. The maximum atomic E-state index is 12.8. The van der Waals surface area contributed by atoms with Gasteiger partial charge in [-0.2, -0.15) is 13.2 Å². The van der Waals surface area contributed by atoms with E-state index in [0.29, 0.717) is 5.56 Å². The highest BCUT2D eigenvalue weighted by Crippen LogP contribution is 2.35. The summed E-state index contributed by atoms with van der Waals surface area (Å²) >= 11 is 0. The molecular weight excluding hydrogens is 257 g/mol. The molecule has 2 aromatic rings. The van der Waals surface area contributed by atoms with Crippen LogP contribution in [0.3, 0.4) is 0 Å². The van der Waals surface area contributed by atoms with Gasteiger partial charge in [-0.15, -0.1) is 0 Å². The number of halogens is 3. The summed E-state index contributed by atoms with van der Waals surface area (Å²) in [4.78, 5) is 11.1. The third-order valence-electron chi connectivity index (χ3n) is 2.78. The molecular formula is C14H11F3O2. The molecule has 0 amide bonds. The summed E-state index contributed by atoms with van der Waals surface area (Å²) < 4.78 is 43.6. The monoisotopic (exact) mass is 268 g/mol. The minimum Gasteiger partial charge on any atom is -0.453 e. The Morgan fingerprint density at radius 1 is 1.16 bits per heavy atom. The van der Waals surface area contributed by atoms with E-state index in [1.807, 2.05) is 0 Å². The van der Waals surface area contributed by atoms with E-state index in [9.17, 15) is 18.0 Å². The molecule has 0 spiro atoms. The molecule has 1 aromatic carbocycles. The Balaban J connectivity index is 2.48. The molecule has 0 aliphatic heterocycles. The summed E-state index contributed by atoms with van der Waals surface area (Å²) in [6.07, 6.45) is -4.41. The molecule has 0 saturated carbocycles. The van der Waals surface area contributed by atoms with Gasteiger partial charge in [0.15, 0.2) is 11.5 Å². The first kappa shape index (κ1) is 13.4. The lowest BCUT2D eigenvalue weighted by molar-refractivity contribution is -0.138. The van der Waals surface area contributed by atoms with Crippen molar-refractivity contribution in [2.45, 2.75) is 20.0 Å². The molecule has 0 saturated heterocycles. The van der Waals surface area contributed by atoms with E-state index in [1.165, 1.54) is 38.1 Å². The smallest absolute Gasteiger partial charge is 0.416 e. The summed E-state index contributed by atoms with van der Waals surface area (Å²) in [5.41, 5.74) is -0.259. The first-order chi connectivity index (χ1) is 8.79. The average molecular weight is 268 g/mol. The van der Waals surface area contributed by atoms with Gasteiger partial charge in [-0.3, -0.25) is 4.79 Å². The summed E-state index contributed by atoms with van der Waals surface area (Å²) in [7, 11) is 0. The summed E-state index contributed by atoms with van der Waals surface area (Å²) in [5, 5.41) is 0. The maximum absolute atomic E-state index is 12.8. The first-order valence-corrected chi connectivity index (χ1v) is 5.58. The molecule has 1 aromatic heterocycles. The van der Waals surface area contributed by atoms with Crippen LogP contribution in [0.2, 0.25) is 0 Å². The van der Waals surface area contributed by atoms with Crippen LogP contribution in [0.1, 0.15) is 28.6 Å². The normalized spacial score (nSPS) is 11.6.